The molecule has 3 aromatic rings. The van der Waals surface area contributed by atoms with E-state index in [1.165, 1.54) is 0 Å². The van der Waals surface area contributed by atoms with E-state index in [4.69, 9.17) is 0 Å². The summed E-state index contributed by atoms with van der Waals surface area (Å²) in [5.74, 6) is 0.0119. The van der Waals surface area contributed by atoms with Gasteiger partial charge in [-0.1, -0.05) is 36.4 Å². The standard InChI is InChI=1S/C23H22N4O2/c28-22-15-20(16-27(22)21-9-5-2-6-10-21)26-23(29)25-19-13-11-18(12-14-19)24-17-7-3-1-4-8-17/h1-14,20,24H,15-16H2,(H2,25,26,29). The topological polar surface area (TPSA) is 73.5 Å². The third-order valence-electron chi connectivity index (χ3n) is 4.73. The third-order valence-corrected chi connectivity index (χ3v) is 4.73. The van der Waals surface area contributed by atoms with Crippen LogP contribution in [0.25, 0.3) is 0 Å². The molecule has 0 radical (unpaired) electrons. The molecule has 1 saturated heterocycles. The van der Waals surface area contributed by atoms with E-state index in [-0.39, 0.29) is 18.0 Å². The maximum Gasteiger partial charge on any atom is 0.319 e. The molecule has 6 heteroatoms. The van der Waals surface area contributed by atoms with Gasteiger partial charge in [0, 0.05) is 35.7 Å². The fourth-order valence-electron chi connectivity index (χ4n) is 3.34. The lowest BCUT2D eigenvalue weighted by atomic mass is 10.2. The Morgan fingerprint density at radius 2 is 1.38 bits per heavy atom. The lowest BCUT2D eigenvalue weighted by Crippen LogP contribution is -2.39. The minimum atomic E-state index is -0.318. The Labute approximate surface area is 169 Å². The van der Waals surface area contributed by atoms with Gasteiger partial charge < -0.3 is 20.9 Å². The van der Waals surface area contributed by atoms with Gasteiger partial charge in [0.1, 0.15) is 0 Å². The molecule has 1 heterocycles. The highest BCUT2D eigenvalue weighted by molar-refractivity contribution is 5.97. The lowest BCUT2D eigenvalue weighted by molar-refractivity contribution is -0.117. The van der Waals surface area contributed by atoms with Crippen molar-refractivity contribution in [3.63, 3.8) is 0 Å². The van der Waals surface area contributed by atoms with E-state index < -0.39 is 0 Å². The molecule has 1 aliphatic heterocycles. The van der Waals surface area contributed by atoms with Crippen molar-refractivity contribution in [2.45, 2.75) is 12.5 Å². The molecule has 146 valence electrons. The molecule has 3 aromatic carbocycles. The zero-order valence-electron chi connectivity index (χ0n) is 15.8. The van der Waals surface area contributed by atoms with Crippen LogP contribution in [0, 0.1) is 0 Å². The summed E-state index contributed by atoms with van der Waals surface area (Å²) in [6, 6.07) is 26.3. The highest BCUT2D eigenvalue weighted by Crippen LogP contribution is 2.22. The first kappa shape index (κ1) is 18.6. The Bertz CT molecular complexity index is 975. The van der Waals surface area contributed by atoms with E-state index in [0.717, 1.165) is 17.1 Å². The number of urea groups is 1. The number of hydrogen-bond acceptors (Lipinski definition) is 3. The van der Waals surface area contributed by atoms with Crippen LogP contribution in [0.3, 0.4) is 0 Å². The van der Waals surface area contributed by atoms with E-state index in [2.05, 4.69) is 16.0 Å². The number of nitrogens with zero attached hydrogens (tertiary/aromatic N) is 1. The van der Waals surface area contributed by atoms with Crippen molar-refractivity contribution >= 4 is 34.7 Å². The second-order valence-electron chi connectivity index (χ2n) is 6.91. The van der Waals surface area contributed by atoms with Crippen LogP contribution in [0.5, 0.6) is 0 Å². The highest BCUT2D eigenvalue weighted by atomic mass is 16.2. The second-order valence-corrected chi connectivity index (χ2v) is 6.91. The molecule has 0 aliphatic carbocycles. The van der Waals surface area contributed by atoms with E-state index in [9.17, 15) is 9.59 Å². The van der Waals surface area contributed by atoms with Crippen molar-refractivity contribution < 1.29 is 9.59 Å². The zero-order valence-corrected chi connectivity index (χ0v) is 15.8. The smallest absolute Gasteiger partial charge is 0.319 e. The van der Waals surface area contributed by atoms with Crippen molar-refractivity contribution in [3.05, 3.63) is 84.9 Å². The molecule has 0 saturated carbocycles. The molecule has 1 fully saturated rings. The lowest BCUT2D eigenvalue weighted by Gasteiger charge is -2.17. The van der Waals surface area contributed by atoms with Crippen LogP contribution in [0.15, 0.2) is 84.9 Å². The van der Waals surface area contributed by atoms with Crippen LogP contribution in [-0.2, 0) is 4.79 Å². The quantitative estimate of drug-likeness (QED) is 0.610. The summed E-state index contributed by atoms with van der Waals surface area (Å²) in [5, 5.41) is 9.00. The zero-order chi connectivity index (χ0) is 20.1. The summed E-state index contributed by atoms with van der Waals surface area (Å²) in [4.78, 5) is 26.3. The Morgan fingerprint density at radius 3 is 2.07 bits per heavy atom. The number of hydrogen-bond donors (Lipinski definition) is 3. The summed E-state index contributed by atoms with van der Waals surface area (Å²) >= 11 is 0. The Balaban J connectivity index is 1.30. The van der Waals surface area contributed by atoms with Crippen LogP contribution in [0.4, 0.5) is 27.5 Å². The van der Waals surface area contributed by atoms with Crippen LogP contribution in [-0.4, -0.2) is 24.5 Å². The molecule has 0 aromatic heterocycles. The van der Waals surface area contributed by atoms with Gasteiger partial charge >= 0.3 is 6.03 Å². The van der Waals surface area contributed by atoms with Gasteiger partial charge in [0.15, 0.2) is 0 Å². The maximum atomic E-state index is 12.3. The third kappa shape index (κ3) is 4.73. The predicted octanol–water partition coefficient (Wildman–Crippen LogP) is 4.36. The summed E-state index contributed by atoms with van der Waals surface area (Å²) in [5.41, 5.74) is 3.47. The minimum absolute atomic E-state index is 0.0119. The summed E-state index contributed by atoms with van der Waals surface area (Å²) in [6.07, 6.45) is 0.294. The fourth-order valence-corrected chi connectivity index (χ4v) is 3.34. The van der Waals surface area contributed by atoms with Crippen LogP contribution >= 0.6 is 0 Å². The van der Waals surface area contributed by atoms with E-state index >= 15 is 0 Å². The number of nitrogens with one attached hydrogen (secondary N) is 3. The van der Waals surface area contributed by atoms with E-state index in [1.54, 1.807) is 4.90 Å². The first-order valence-electron chi connectivity index (χ1n) is 9.52. The molecule has 3 N–H and O–H groups in total. The number of rotatable bonds is 5. The minimum Gasteiger partial charge on any atom is -0.356 e. The molecule has 1 aliphatic rings. The number of anilines is 4. The van der Waals surface area contributed by atoms with Gasteiger partial charge in [0.2, 0.25) is 5.91 Å². The van der Waals surface area contributed by atoms with Crippen molar-refractivity contribution in [1.82, 2.24) is 5.32 Å². The van der Waals surface area contributed by atoms with E-state index in [1.807, 2.05) is 84.9 Å². The first-order valence-corrected chi connectivity index (χ1v) is 9.52. The first-order chi connectivity index (χ1) is 14.2. The van der Waals surface area contributed by atoms with Crippen LogP contribution < -0.4 is 20.9 Å². The normalized spacial score (nSPS) is 15.8. The van der Waals surface area contributed by atoms with Gasteiger partial charge in [-0.15, -0.1) is 0 Å². The molecular weight excluding hydrogens is 364 g/mol. The molecule has 1 atom stereocenters. The SMILES string of the molecule is O=C(Nc1ccc(Nc2ccccc2)cc1)NC1CC(=O)N(c2ccccc2)C1. The van der Waals surface area contributed by atoms with Gasteiger partial charge in [-0.05, 0) is 48.5 Å². The fraction of sp³-hybridized carbons (Fsp3) is 0.130. The summed E-state index contributed by atoms with van der Waals surface area (Å²) in [7, 11) is 0. The molecule has 0 bridgehead atoms. The highest BCUT2D eigenvalue weighted by Gasteiger charge is 2.31. The second kappa shape index (κ2) is 8.48. The van der Waals surface area contributed by atoms with Gasteiger partial charge in [-0.2, -0.15) is 0 Å². The monoisotopic (exact) mass is 386 g/mol. The molecular formula is C23H22N4O2. The maximum absolute atomic E-state index is 12.3. The molecule has 6 nitrogen and oxygen atoms in total. The molecule has 1 unspecified atom stereocenters. The largest absolute Gasteiger partial charge is 0.356 e. The van der Waals surface area contributed by atoms with Crippen molar-refractivity contribution in [3.8, 4) is 0 Å². The Hall–Kier alpha value is -3.80. The molecule has 29 heavy (non-hydrogen) atoms. The number of para-hydroxylation sites is 2. The van der Waals surface area contributed by atoms with Crippen molar-refractivity contribution in [2.24, 2.45) is 0 Å². The summed E-state index contributed by atoms with van der Waals surface area (Å²) < 4.78 is 0. The van der Waals surface area contributed by atoms with Crippen molar-refractivity contribution in [1.29, 1.82) is 0 Å². The Kier molecular flexibility index (Phi) is 5.42. The molecule has 4 rings (SSSR count). The number of benzene rings is 3. The molecule has 0 spiro atoms. The summed E-state index contributed by atoms with van der Waals surface area (Å²) in [6.45, 7) is 0.468. The van der Waals surface area contributed by atoms with Crippen molar-refractivity contribution in [2.75, 3.05) is 22.1 Å². The molecule has 3 amide bonds. The average molecular weight is 386 g/mol. The van der Waals surface area contributed by atoms with Gasteiger partial charge in [0.05, 0.1) is 6.04 Å². The number of carbonyl (C=O) groups is 2. The van der Waals surface area contributed by atoms with Gasteiger partial charge in [0.25, 0.3) is 0 Å². The van der Waals surface area contributed by atoms with Gasteiger partial charge in [-0.3, -0.25) is 4.79 Å². The van der Waals surface area contributed by atoms with Crippen LogP contribution in [0.2, 0.25) is 0 Å². The average Bonchev–Trinajstić information content (AvgIpc) is 3.10. The number of carbonyl (C=O) groups excluding carboxylic acids is 2. The van der Waals surface area contributed by atoms with Gasteiger partial charge in [-0.25, -0.2) is 4.79 Å². The predicted molar refractivity (Wildman–Crippen MR) is 116 cm³/mol. The number of amides is 3. The van der Waals surface area contributed by atoms with Crippen LogP contribution in [0.1, 0.15) is 6.42 Å². The Morgan fingerprint density at radius 1 is 0.793 bits per heavy atom. The van der Waals surface area contributed by atoms with E-state index in [0.29, 0.717) is 18.7 Å².